The summed E-state index contributed by atoms with van der Waals surface area (Å²) >= 11 is 0. The van der Waals surface area contributed by atoms with Gasteiger partial charge in [0.1, 0.15) is 5.75 Å². The number of hydrogen-bond acceptors (Lipinski definition) is 7. The van der Waals surface area contributed by atoms with Gasteiger partial charge in [0, 0.05) is 11.5 Å². The van der Waals surface area contributed by atoms with Crippen LogP contribution in [0.15, 0.2) is 83.4 Å². The molecule has 0 aliphatic carbocycles. The number of carbonyl (C=O) groups excluding carboxylic acids is 2. The van der Waals surface area contributed by atoms with Gasteiger partial charge in [-0.3, -0.25) is 14.5 Å². The van der Waals surface area contributed by atoms with Crippen molar-refractivity contribution in [1.29, 1.82) is 0 Å². The molecule has 2 N–H and O–H groups in total. The van der Waals surface area contributed by atoms with Crippen molar-refractivity contribution in [3.05, 3.63) is 95.9 Å². The molecule has 1 aliphatic rings. The normalized spacial score (nSPS) is 14.8. The van der Waals surface area contributed by atoms with Crippen LogP contribution in [0.4, 0.5) is 5.69 Å². The lowest BCUT2D eigenvalue weighted by atomic mass is 9.95. The molecule has 3 aromatic carbocycles. The zero-order chi connectivity index (χ0) is 27.9. The lowest BCUT2D eigenvalue weighted by molar-refractivity contribution is -0.121. The Morgan fingerprint density at radius 1 is 1.00 bits per heavy atom. The number of benzene rings is 3. The second kappa shape index (κ2) is 12.6. The maximum Gasteiger partial charge on any atom is 0.253 e. The van der Waals surface area contributed by atoms with E-state index >= 15 is 0 Å². The number of nitrogens with one attached hydrogen (secondary N) is 2. The number of para-hydroxylation sites is 1. The SMILES string of the molecule is COc1ccc(-c2noc(CN3CCC(C(=O)Nc4ccccc4C(=O)NC(C)c4ccccc4)CC3)n2)cc1. The molecule has 0 bridgehead atoms. The molecule has 206 valence electrons. The van der Waals surface area contributed by atoms with Crippen LogP contribution < -0.4 is 15.4 Å². The van der Waals surface area contributed by atoms with Gasteiger partial charge < -0.3 is 19.9 Å². The molecule has 1 aliphatic heterocycles. The van der Waals surface area contributed by atoms with Gasteiger partial charge in [-0.05, 0) is 74.8 Å². The number of nitrogens with zero attached hydrogens (tertiary/aromatic N) is 3. The molecule has 2 heterocycles. The van der Waals surface area contributed by atoms with Gasteiger partial charge in [-0.15, -0.1) is 0 Å². The second-order valence-corrected chi connectivity index (χ2v) is 9.93. The van der Waals surface area contributed by atoms with Crippen molar-refractivity contribution in [2.75, 3.05) is 25.5 Å². The molecule has 9 nitrogen and oxygen atoms in total. The first-order chi connectivity index (χ1) is 19.5. The van der Waals surface area contributed by atoms with Crippen molar-refractivity contribution in [3.8, 4) is 17.1 Å². The minimum Gasteiger partial charge on any atom is -0.497 e. The molecule has 9 heteroatoms. The summed E-state index contributed by atoms with van der Waals surface area (Å²) in [6.45, 7) is 3.93. The van der Waals surface area contributed by atoms with E-state index < -0.39 is 0 Å². The number of ether oxygens (including phenoxy) is 1. The van der Waals surface area contributed by atoms with Crippen LogP contribution in [0.1, 0.15) is 47.6 Å². The number of amides is 2. The Hall–Kier alpha value is -4.50. The van der Waals surface area contributed by atoms with Crippen LogP contribution in [-0.2, 0) is 11.3 Å². The van der Waals surface area contributed by atoms with Crippen LogP contribution in [0.3, 0.4) is 0 Å². The summed E-state index contributed by atoms with van der Waals surface area (Å²) in [4.78, 5) is 32.9. The highest BCUT2D eigenvalue weighted by Crippen LogP contribution is 2.24. The van der Waals surface area contributed by atoms with Crippen molar-refractivity contribution < 1.29 is 18.8 Å². The van der Waals surface area contributed by atoms with Crippen LogP contribution in [-0.4, -0.2) is 47.1 Å². The fourth-order valence-electron chi connectivity index (χ4n) is 4.85. The van der Waals surface area contributed by atoms with E-state index in [1.54, 1.807) is 25.3 Å². The quantitative estimate of drug-likeness (QED) is 0.305. The van der Waals surface area contributed by atoms with Crippen molar-refractivity contribution in [1.82, 2.24) is 20.4 Å². The topological polar surface area (TPSA) is 110 Å². The van der Waals surface area contributed by atoms with E-state index in [-0.39, 0.29) is 23.8 Å². The highest BCUT2D eigenvalue weighted by Gasteiger charge is 2.27. The first-order valence-electron chi connectivity index (χ1n) is 13.4. The van der Waals surface area contributed by atoms with Gasteiger partial charge in [0.15, 0.2) is 0 Å². The molecule has 1 saturated heterocycles. The fraction of sp³-hybridized carbons (Fsp3) is 0.290. The first-order valence-corrected chi connectivity index (χ1v) is 13.4. The van der Waals surface area contributed by atoms with Gasteiger partial charge in [0.05, 0.1) is 30.9 Å². The van der Waals surface area contributed by atoms with E-state index in [0.717, 1.165) is 30.0 Å². The van der Waals surface area contributed by atoms with Crippen LogP contribution in [0.2, 0.25) is 0 Å². The highest BCUT2D eigenvalue weighted by atomic mass is 16.5. The number of carbonyl (C=O) groups is 2. The summed E-state index contributed by atoms with van der Waals surface area (Å²) < 4.78 is 10.7. The minimum atomic E-state index is -0.226. The van der Waals surface area contributed by atoms with Crippen molar-refractivity contribution in [2.45, 2.75) is 32.4 Å². The molecule has 0 saturated carbocycles. The summed E-state index contributed by atoms with van der Waals surface area (Å²) in [5, 5.41) is 10.1. The molecule has 1 unspecified atom stereocenters. The van der Waals surface area contributed by atoms with Crippen molar-refractivity contribution >= 4 is 17.5 Å². The lowest BCUT2D eigenvalue weighted by Crippen LogP contribution is -2.38. The van der Waals surface area contributed by atoms with Crippen LogP contribution >= 0.6 is 0 Å². The number of rotatable bonds is 9. The average Bonchev–Trinajstić information content (AvgIpc) is 3.46. The van der Waals surface area contributed by atoms with Crippen LogP contribution in [0.5, 0.6) is 5.75 Å². The minimum absolute atomic E-state index is 0.0735. The lowest BCUT2D eigenvalue weighted by Gasteiger charge is -2.30. The summed E-state index contributed by atoms with van der Waals surface area (Å²) in [6, 6.07) is 24.2. The third-order valence-electron chi connectivity index (χ3n) is 7.21. The van der Waals surface area contributed by atoms with Crippen LogP contribution in [0, 0.1) is 5.92 Å². The molecule has 4 aromatic rings. The highest BCUT2D eigenvalue weighted by molar-refractivity contribution is 6.04. The molecular formula is C31H33N5O4. The fourth-order valence-corrected chi connectivity index (χ4v) is 4.85. The van der Waals surface area contributed by atoms with Crippen molar-refractivity contribution in [3.63, 3.8) is 0 Å². The van der Waals surface area contributed by atoms with Gasteiger partial charge >= 0.3 is 0 Å². The number of piperidine rings is 1. The maximum absolute atomic E-state index is 13.1. The molecule has 5 rings (SSSR count). The monoisotopic (exact) mass is 539 g/mol. The summed E-state index contributed by atoms with van der Waals surface area (Å²) in [6.07, 6.45) is 1.40. The zero-order valence-corrected chi connectivity index (χ0v) is 22.7. The molecule has 0 radical (unpaired) electrons. The number of likely N-dealkylation sites (tertiary alicyclic amines) is 1. The Morgan fingerprint density at radius 2 is 1.70 bits per heavy atom. The van der Waals surface area contributed by atoms with E-state index in [9.17, 15) is 9.59 Å². The van der Waals surface area contributed by atoms with Gasteiger partial charge in [0.25, 0.3) is 5.91 Å². The molecule has 2 amide bonds. The number of methoxy groups -OCH3 is 1. The number of aromatic nitrogens is 2. The van der Waals surface area contributed by atoms with Gasteiger partial charge in [-0.1, -0.05) is 47.6 Å². The Kier molecular flexibility index (Phi) is 8.51. The predicted octanol–water partition coefficient (Wildman–Crippen LogP) is 5.09. The molecule has 0 spiro atoms. The second-order valence-electron chi connectivity index (χ2n) is 9.93. The van der Waals surface area contributed by atoms with Crippen LogP contribution in [0.25, 0.3) is 11.4 Å². The Morgan fingerprint density at radius 3 is 2.42 bits per heavy atom. The van der Waals surface area contributed by atoms with Crippen molar-refractivity contribution in [2.24, 2.45) is 5.92 Å². The molecule has 1 fully saturated rings. The Bertz CT molecular complexity index is 1430. The summed E-state index contributed by atoms with van der Waals surface area (Å²) in [7, 11) is 1.63. The first kappa shape index (κ1) is 27.1. The standard InChI is InChI=1S/C31H33N5O4/c1-21(22-8-4-3-5-9-22)32-31(38)26-10-6-7-11-27(26)33-30(37)24-16-18-36(19-17-24)20-28-34-29(35-40-28)23-12-14-25(39-2)15-13-23/h3-15,21,24H,16-20H2,1-2H3,(H,32,38)(H,33,37). The summed E-state index contributed by atoms with van der Waals surface area (Å²) in [5.74, 6) is 1.40. The Balaban J connectivity index is 1.13. The van der Waals surface area contributed by atoms with Gasteiger partial charge in [0.2, 0.25) is 17.6 Å². The Labute approximate surface area is 233 Å². The van der Waals surface area contributed by atoms with E-state index in [1.807, 2.05) is 67.6 Å². The average molecular weight is 540 g/mol. The van der Waals surface area contributed by atoms with E-state index in [4.69, 9.17) is 9.26 Å². The van der Waals surface area contributed by atoms with E-state index in [2.05, 4.69) is 25.7 Å². The largest absolute Gasteiger partial charge is 0.497 e. The predicted molar refractivity (Wildman–Crippen MR) is 152 cm³/mol. The van der Waals surface area contributed by atoms with Gasteiger partial charge in [-0.25, -0.2) is 0 Å². The molecular weight excluding hydrogens is 506 g/mol. The zero-order valence-electron chi connectivity index (χ0n) is 22.7. The third-order valence-corrected chi connectivity index (χ3v) is 7.21. The smallest absolute Gasteiger partial charge is 0.253 e. The number of hydrogen-bond donors (Lipinski definition) is 2. The van der Waals surface area contributed by atoms with E-state index in [1.165, 1.54) is 0 Å². The summed E-state index contributed by atoms with van der Waals surface area (Å²) in [5.41, 5.74) is 2.83. The molecule has 1 atom stereocenters. The van der Waals surface area contributed by atoms with Gasteiger partial charge in [-0.2, -0.15) is 4.98 Å². The third kappa shape index (κ3) is 6.55. The maximum atomic E-state index is 13.1. The van der Waals surface area contributed by atoms with E-state index in [0.29, 0.717) is 42.4 Å². The molecule has 40 heavy (non-hydrogen) atoms. The molecule has 1 aromatic heterocycles. The number of anilines is 1.